The zero-order chi connectivity index (χ0) is 10.1. The summed E-state index contributed by atoms with van der Waals surface area (Å²) in [5, 5.41) is 2.31. The van der Waals surface area contributed by atoms with Gasteiger partial charge < -0.3 is 10.1 Å². The topological polar surface area (TPSA) is 55.4 Å². The van der Waals surface area contributed by atoms with Crippen molar-refractivity contribution in [1.82, 2.24) is 5.32 Å². The molecule has 1 saturated heterocycles. The fourth-order valence-electron chi connectivity index (χ4n) is 1.23. The van der Waals surface area contributed by atoms with E-state index in [4.69, 9.17) is 0 Å². The summed E-state index contributed by atoms with van der Waals surface area (Å²) in [7, 11) is 0. The number of cyclic esters (lactones) is 2. The minimum atomic E-state index is -0.817. The highest BCUT2D eigenvalue weighted by atomic mass is 19.1. The predicted molar refractivity (Wildman–Crippen MR) is 43.8 cm³/mol. The highest BCUT2D eigenvalue weighted by Gasteiger charge is 2.33. The molecule has 1 aliphatic heterocycles. The van der Waals surface area contributed by atoms with Gasteiger partial charge in [0.15, 0.2) is 6.04 Å². The van der Waals surface area contributed by atoms with E-state index >= 15 is 0 Å². The Morgan fingerprint density at radius 3 is 2.36 bits per heavy atom. The van der Waals surface area contributed by atoms with E-state index in [0.29, 0.717) is 5.56 Å². The minimum absolute atomic E-state index is 0.397. The van der Waals surface area contributed by atoms with E-state index in [-0.39, 0.29) is 0 Å². The first-order valence-electron chi connectivity index (χ1n) is 3.94. The lowest BCUT2D eigenvalue weighted by molar-refractivity contribution is -0.135. The van der Waals surface area contributed by atoms with Crippen molar-refractivity contribution in [2.75, 3.05) is 0 Å². The Kier molecular flexibility index (Phi) is 1.92. The smallest absolute Gasteiger partial charge is 0.374 e. The van der Waals surface area contributed by atoms with Crippen LogP contribution in [0.4, 0.5) is 9.18 Å². The van der Waals surface area contributed by atoms with E-state index in [0.717, 1.165) is 0 Å². The second kappa shape index (κ2) is 3.10. The van der Waals surface area contributed by atoms with E-state index < -0.39 is 23.9 Å². The number of amides is 1. The van der Waals surface area contributed by atoms with E-state index in [1.807, 2.05) is 0 Å². The molecule has 1 aromatic carbocycles. The molecule has 1 atom stereocenters. The third kappa shape index (κ3) is 1.44. The first kappa shape index (κ1) is 8.68. The third-order valence-electron chi connectivity index (χ3n) is 1.89. The number of alkyl carbamates (subject to hydrolysis) is 1. The molecular weight excluding hydrogens is 189 g/mol. The first-order valence-corrected chi connectivity index (χ1v) is 3.94. The monoisotopic (exact) mass is 195 g/mol. The molecular formula is C9H6FNO3. The van der Waals surface area contributed by atoms with E-state index in [2.05, 4.69) is 10.1 Å². The number of halogens is 1. The molecule has 1 N–H and O–H groups in total. The lowest BCUT2D eigenvalue weighted by Gasteiger charge is -2.04. The van der Waals surface area contributed by atoms with Crippen molar-refractivity contribution in [3.8, 4) is 0 Å². The summed E-state index contributed by atoms with van der Waals surface area (Å²) in [4.78, 5) is 21.7. The zero-order valence-electron chi connectivity index (χ0n) is 6.99. The van der Waals surface area contributed by atoms with Crippen LogP contribution in [0.5, 0.6) is 0 Å². The number of nitrogens with one attached hydrogen (secondary N) is 1. The molecule has 0 aliphatic carbocycles. The van der Waals surface area contributed by atoms with Crippen molar-refractivity contribution < 1.29 is 18.7 Å². The molecule has 0 aromatic heterocycles. The molecule has 1 amide bonds. The summed E-state index contributed by atoms with van der Waals surface area (Å²) in [6, 6.07) is 4.46. The quantitative estimate of drug-likeness (QED) is 0.539. The number of benzene rings is 1. The van der Waals surface area contributed by atoms with Crippen LogP contribution in [-0.4, -0.2) is 12.1 Å². The van der Waals surface area contributed by atoms with Gasteiger partial charge in [0, 0.05) is 0 Å². The van der Waals surface area contributed by atoms with E-state index in [9.17, 15) is 14.0 Å². The molecule has 2 rings (SSSR count). The van der Waals surface area contributed by atoms with Gasteiger partial charge in [0.2, 0.25) is 0 Å². The molecule has 5 heteroatoms. The van der Waals surface area contributed by atoms with Crippen molar-refractivity contribution in [3.63, 3.8) is 0 Å². The Balaban J connectivity index is 2.27. The van der Waals surface area contributed by atoms with Gasteiger partial charge in [-0.1, -0.05) is 12.1 Å². The highest BCUT2D eigenvalue weighted by molar-refractivity contribution is 5.96. The molecule has 0 spiro atoms. The number of rotatable bonds is 1. The molecule has 0 bridgehead atoms. The molecule has 0 radical (unpaired) electrons. The maximum Gasteiger partial charge on any atom is 0.415 e. The summed E-state index contributed by atoms with van der Waals surface area (Å²) in [6.07, 6.45) is -0.774. The Hall–Kier alpha value is -1.91. The Morgan fingerprint density at radius 2 is 1.86 bits per heavy atom. The van der Waals surface area contributed by atoms with Crippen LogP contribution in [0.1, 0.15) is 11.6 Å². The van der Waals surface area contributed by atoms with Gasteiger partial charge in [0.25, 0.3) is 0 Å². The average Bonchev–Trinajstić information content (AvgIpc) is 2.47. The van der Waals surface area contributed by atoms with Crippen molar-refractivity contribution in [2.24, 2.45) is 0 Å². The zero-order valence-corrected chi connectivity index (χ0v) is 6.99. The highest BCUT2D eigenvalue weighted by Crippen LogP contribution is 2.19. The van der Waals surface area contributed by atoms with Crippen molar-refractivity contribution in [3.05, 3.63) is 35.6 Å². The molecule has 1 fully saturated rings. The van der Waals surface area contributed by atoms with Gasteiger partial charge in [-0.05, 0) is 17.7 Å². The molecule has 1 aliphatic rings. The van der Waals surface area contributed by atoms with Gasteiger partial charge >= 0.3 is 12.1 Å². The van der Waals surface area contributed by atoms with Gasteiger partial charge in [-0.3, -0.25) is 0 Å². The second-order valence-corrected chi connectivity index (χ2v) is 2.84. The lowest BCUT2D eigenvalue weighted by Crippen LogP contribution is -2.19. The number of ether oxygens (including phenoxy) is 1. The number of carbonyl (C=O) groups excluding carboxylic acids is 2. The molecule has 1 heterocycles. The van der Waals surface area contributed by atoms with Crippen LogP contribution in [0, 0.1) is 5.82 Å². The first-order chi connectivity index (χ1) is 6.66. The van der Waals surface area contributed by atoms with Gasteiger partial charge in [0.1, 0.15) is 5.82 Å². The maximum atomic E-state index is 12.5. The number of hydrogen-bond donors (Lipinski definition) is 1. The summed E-state index contributed by atoms with van der Waals surface area (Å²) in [5.41, 5.74) is 0.502. The fourth-order valence-corrected chi connectivity index (χ4v) is 1.23. The van der Waals surface area contributed by atoms with Gasteiger partial charge in [0.05, 0.1) is 0 Å². The van der Waals surface area contributed by atoms with Crippen LogP contribution in [-0.2, 0) is 9.53 Å². The van der Waals surface area contributed by atoms with Crippen LogP contribution in [0.3, 0.4) is 0 Å². The molecule has 4 nitrogen and oxygen atoms in total. The van der Waals surface area contributed by atoms with Gasteiger partial charge in [-0.25, -0.2) is 14.0 Å². The van der Waals surface area contributed by atoms with Gasteiger partial charge in [-0.2, -0.15) is 0 Å². The summed E-state index contributed by atoms with van der Waals surface area (Å²) < 4.78 is 16.8. The largest absolute Gasteiger partial charge is 0.415 e. The lowest BCUT2D eigenvalue weighted by atomic mass is 10.1. The fraction of sp³-hybridized carbons (Fsp3) is 0.111. The second-order valence-electron chi connectivity index (χ2n) is 2.84. The van der Waals surface area contributed by atoms with Crippen LogP contribution in [0.25, 0.3) is 0 Å². The summed E-state index contributed by atoms with van der Waals surface area (Å²) in [5.74, 6) is -1.06. The van der Waals surface area contributed by atoms with Crippen LogP contribution >= 0.6 is 0 Å². The van der Waals surface area contributed by atoms with Gasteiger partial charge in [-0.15, -0.1) is 0 Å². The molecule has 72 valence electrons. The van der Waals surface area contributed by atoms with Crippen LogP contribution in [0.2, 0.25) is 0 Å². The van der Waals surface area contributed by atoms with Crippen molar-refractivity contribution >= 4 is 12.1 Å². The summed E-state index contributed by atoms with van der Waals surface area (Å²) in [6.45, 7) is 0. The predicted octanol–water partition coefficient (Wildman–Crippen LogP) is 1.13. The van der Waals surface area contributed by atoms with E-state index in [1.165, 1.54) is 24.3 Å². The third-order valence-corrected chi connectivity index (χ3v) is 1.89. The summed E-state index contributed by atoms with van der Waals surface area (Å²) >= 11 is 0. The van der Waals surface area contributed by atoms with E-state index in [1.54, 1.807) is 0 Å². The van der Waals surface area contributed by atoms with Crippen LogP contribution in [0.15, 0.2) is 24.3 Å². The normalized spacial score (nSPS) is 20.5. The Morgan fingerprint density at radius 1 is 1.21 bits per heavy atom. The molecule has 0 unspecified atom stereocenters. The standard InChI is InChI=1S/C9H6FNO3/c10-6-3-1-5(2-4-6)7-8(12)14-9(13)11-7/h1-4,7H,(H,11,13)/t7-/m1/s1. The number of hydrogen-bond acceptors (Lipinski definition) is 3. The Labute approximate surface area is 78.7 Å². The molecule has 0 saturated carbocycles. The Bertz CT molecular complexity index is 388. The maximum absolute atomic E-state index is 12.5. The molecule has 1 aromatic rings. The molecule has 14 heavy (non-hydrogen) atoms. The van der Waals surface area contributed by atoms with Crippen molar-refractivity contribution in [2.45, 2.75) is 6.04 Å². The minimum Gasteiger partial charge on any atom is -0.374 e. The number of esters is 1. The van der Waals surface area contributed by atoms with Crippen LogP contribution < -0.4 is 5.32 Å². The number of carbonyl (C=O) groups is 2. The van der Waals surface area contributed by atoms with Crippen molar-refractivity contribution in [1.29, 1.82) is 0 Å². The SMILES string of the molecule is O=C1N[C@H](c2ccc(F)cc2)C(=O)O1. The average molecular weight is 195 g/mol.